The Bertz CT molecular complexity index is 718. The highest BCUT2D eigenvalue weighted by molar-refractivity contribution is 5.68. The summed E-state index contributed by atoms with van der Waals surface area (Å²) in [4.78, 5) is 14.2. The highest BCUT2D eigenvalue weighted by atomic mass is 16.6. The number of epoxide rings is 1. The zero-order chi connectivity index (χ0) is 16.6. The standard InChI is InChI=1S/C20H21NO3/c1-15-12-20(17-10-6-3-7-11-17)18(24-20)13-21(15)19(22)23-14-16-8-4-2-5-9-16/h2-11,15,18H,12-14H2,1H3/t15-,18-,20+/m1/s1. The molecular formula is C20H21NO3. The molecule has 3 atom stereocenters. The maximum atomic E-state index is 12.4. The number of hydrogen-bond donors (Lipinski definition) is 0. The monoisotopic (exact) mass is 323 g/mol. The predicted molar refractivity (Wildman–Crippen MR) is 90.4 cm³/mol. The lowest BCUT2D eigenvalue weighted by molar-refractivity contribution is 0.0719. The zero-order valence-corrected chi connectivity index (χ0v) is 13.7. The van der Waals surface area contributed by atoms with Gasteiger partial charge in [-0.1, -0.05) is 60.7 Å². The number of carbonyl (C=O) groups excluding carboxylic acids is 1. The van der Waals surface area contributed by atoms with E-state index in [2.05, 4.69) is 19.1 Å². The van der Waals surface area contributed by atoms with E-state index in [-0.39, 0.29) is 23.8 Å². The summed E-state index contributed by atoms with van der Waals surface area (Å²) in [5.74, 6) is 0. The minimum atomic E-state index is -0.261. The van der Waals surface area contributed by atoms with Crippen LogP contribution in [-0.4, -0.2) is 29.7 Å². The van der Waals surface area contributed by atoms with E-state index in [4.69, 9.17) is 9.47 Å². The minimum absolute atomic E-state index is 0.0698. The van der Waals surface area contributed by atoms with Crippen molar-refractivity contribution in [3.8, 4) is 0 Å². The van der Waals surface area contributed by atoms with Gasteiger partial charge in [0.1, 0.15) is 18.3 Å². The molecule has 0 bridgehead atoms. The molecule has 24 heavy (non-hydrogen) atoms. The molecule has 2 heterocycles. The van der Waals surface area contributed by atoms with Crippen molar-refractivity contribution in [2.45, 2.75) is 37.7 Å². The topological polar surface area (TPSA) is 42.1 Å². The van der Waals surface area contributed by atoms with Crippen LogP contribution in [0.3, 0.4) is 0 Å². The molecule has 4 rings (SSSR count). The molecule has 4 nitrogen and oxygen atoms in total. The smallest absolute Gasteiger partial charge is 0.410 e. The first-order valence-corrected chi connectivity index (χ1v) is 8.40. The van der Waals surface area contributed by atoms with Crippen molar-refractivity contribution in [3.05, 3.63) is 71.8 Å². The third-order valence-corrected chi connectivity index (χ3v) is 5.01. The molecule has 0 unspecified atom stereocenters. The van der Waals surface area contributed by atoms with Crippen LogP contribution in [0.4, 0.5) is 4.79 Å². The number of fused-ring (bicyclic) bond motifs is 1. The molecule has 0 aromatic heterocycles. The summed E-state index contributed by atoms with van der Waals surface area (Å²) in [6.45, 7) is 2.95. The molecule has 2 fully saturated rings. The van der Waals surface area contributed by atoms with E-state index in [0.29, 0.717) is 13.2 Å². The Hall–Kier alpha value is -2.33. The van der Waals surface area contributed by atoms with E-state index >= 15 is 0 Å². The third kappa shape index (κ3) is 2.67. The maximum absolute atomic E-state index is 12.4. The molecule has 2 aliphatic rings. The predicted octanol–water partition coefficient (Wildman–Crippen LogP) is 3.71. The van der Waals surface area contributed by atoms with Crippen LogP contribution in [0.1, 0.15) is 24.5 Å². The average Bonchev–Trinajstić information content (AvgIpc) is 3.35. The van der Waals surface area contributed by atoms with Crippen LogP contribution in [0, 0.1) is 0 Å². The molecule has 0 saturated carbocycles. The van der Waals surface area contributed by atoms with Crippen molar-refractivity contribution in [1.82, 2.24) is 4.90 Å². The van der Waals surface area contributed by atoms with Gasteiger partial charge in [-0.2, -0.15) is 0 Å². The van der Waals surface area contributed by atoms with Crippen LogP contribution in [-0.2, 0) is 21.7 Å². The van der Waals surface area contributed by atoms with Gasteiger partial charge < -0.3 is 14.4 Å². The van der Waals surface area contributed by atoms with Gasteiger partial charge in [0, 0.05) is 12.5 Å². The van der Waals surface area contributed by atoms with E-state index in [9.17, 15) is 4.79 Å². The van der Waals surface area contributed by atoms with Gasteiger partial charge in [0.05, 0.1) is 6.54 Å². The van der Waals surface area contributed by atoms with Crippen LogP contribution in [0.5, 0.6) is 0 Å². The average molecular weight is 323 g/mol. The van der Waals surface area contributed by atoms with E-state index < -0.39 is 0 Å². The van der Waals surface area contributed by atoms with Crippen molar-refractivity contribution in [2.75, 3.05) is 6.54 Å². The molecular weight excluding hydrogens is 302 g/mol. The Kier molecular flexibility index (Phi) is 3.77. The van der Waals surface area contributed by atoms with Crippen molar-refractivity contribution in [3.63, 3.8) is 0 Å². The van der Waals surface area contributed by atoms with E-state index in [1.54, 1.807) is 4.90 Å². The minimum Gasteiger partial charge on any atom is -0.445 e. The second-order valence-electron chi connectivity index (χ2n) is 6.61. The summed E-state index contributed by atoms with van der Waals surface area (Å²) >= 11 is 0. The molecule has 0 spiro atoms. The van der Waals surface area contributed by atoms with Gasteiger partial charge >= 0.3 is 6.09 Å². The Labute approximate surface area is 142 Å². The van der Waals surface area contributed by atoms with Gasteiger partial charge in [-0.25, -0.2) is 4.79 Å². The van der Waals surface area contributed by atoms with E-state index in [1.165, 1.54) is 5.56 Å². The van der Waals surface area contributed by atoms with E-state index in [0.717, 1.165) is 12.0 Å². The molecule has 2 aliphatic heterocycles. The van der Waals surface area contributed by atoms with Gasteiger partial charge in [0.25, 0.3) is 0 Å². The fourth-order valence-corrected chi connectivity index (χ4v) is 3.64. The highest BCUT2D eigenvalue weighted by Crippen LogP contribution is 2.53. The summed E-state index contributed by atoms with van der Waals surface area (Å²) in [6, 6.07) is 20.1. The van der Waals surface area contributed by atoms with Crippen molar-refractivity contribution < 1.29 is 14.3 Å². The summed E-state index contributed by atoms with van der Waals surface area (Å²) in [7, 11) is 0. The van der Waals surface area contributed by atoms with E-state index in [1.807, 2.05) is 48.5 Å². The Morgan fingerprint density at radius 1 is 1.17 bits per heavy atom. The fourth-order valence-electron chi connectivity index (χ4n) is 3.64. The van der Waals surface area contributed by atoms with Gasteiger partial charge in [-0.3, -0.25) is 0 Å². The first kappa shape index (κ1) is 15.2. The Morgan fingerprint density at radius 2 is 1.83 bits per heavy atom. The second kappa shape index (κ2) is 5.95. The summed E-state index contributed by atoms with van der Waals surface area (Å²) in [5.41, 5.74) is 1.99. The lowest BCUT2D eigenvalue weighted by Gasteiger charge is -2.34. The molecule has 1 amide bonds. The first-order chi connectivity index (χ1) is 11.7. The second-order valence-corrected chi connectivity index (χ2v) is 6.61. The number of hydrogen-bond acceptors (Lipinski definition) is 3. The molecule has 2 aromatic rings. The lowest BCUT2D eigenvalue weighted by atomic mass is 9.85. The number of ether oxygens (including phenoxy) is 2. The zero-order valence-electron chi connectivity index (χ0n) is 13.7. The van der Waals surface area contributed by atoms with Gasteiger partial charge in [0.2, 0.25) is 0 Å². The Morgan fingerprint density at radius 3 is 2.54 bits per heavy atom. The number of rotatable bonds is 3. The van der Waals surface area contributed by atoms with Crippen LogP contribution in [0.2, 0.25) is 0 Å². The molecule has 2 aromatic carbocycles. The molecule has 2 saturated heterocycles. The Balaban J connectivity index is 1.40. The molecule has 0 N–H and O–H groups in total. The summed E-state index contributed by atoms with van der Waals surface area (Å²) in [6.07, 6.45) is 0.617. The van der Waals surface area contributed by atoms with Gasteiger partial charge in [-0.05, 0) is 18.1 Å². The van der Waals surface area contributed by atoms with Crippen LogP contribution in [0.15, 0.2) is 60.7 Å². The quantitative estimate of drug-likeness (QED) is 0.809. The number of piperidine rings is 1. The number of likely N-dealkylation sites (tertiary alicyclic amines) is 1. The third-order valence-electron chi connectivity index (χ3n) is 5.01. The van der Waals surface area contributed by atoms with Crippen molar-refractivity contribution in [1.29, 1.82) is 0 Å². The lowest BCUT2D eigenvalue weighted by Crippen LogP contribution is -2.47. The summed E-state index contributed by atoms with van der Waals surface area (Å²) < 4.78 is 11.5. The van der Waals surface area contributed by atoms with Crippen LogP contribution in [0.25, 0.3) is 0 Å². The van der Waals surface area contributed by atoms with Crippen molar-refractivity contribution >= 4 is 6.09 Å². The van der Waals surface area contributed by atoms with Crippen LogP contribution >= 0.6 is 0 Å². The summed E-state index contributed by atoms with van der Waals surface area (Å²) in [5, 5.41) is 0. The fraction of sp³-hybridized carbons (Fsp3) is 0.350. The number of amides is 1. The number of nitrogens with zero attached hydrogens (tertiary/aromatic N) is 1. The molecule has 0 aliphatic carbocycles. The maximum Gasteiger partial charge on any atom is 0.410 e. The van der Waals surface area contributed by atoms with Crippen LogP contribution < -0.4 is 0 Å². The normalized spacial score (nSPS) is 28.1. The van der Waals surface area contributed by atoms with Crippen molar-refractivity contribution in [2.24, 2.45) is 0 Å². The van der Waals surface area contributed by atoms with Gasteiger partial charge in [-0.15, -0.1) is 0 Å². The number of carbonyl (C=O) groups is 1. The highest BCUT2D eigenvalue weighted by Gasteiger charge is 2.62. The first-order valence-electron chi connectivity index (χ1n) is 8.40. The SMILES string of the molecule is C[C@@H]1C[C@@]2(c3ccccc3)O[C@@H]2CN1C(=O)OCc1ccccc1. The molecule has 124 valence electrons. The largest absolute Gasteiger partial charge is 0.445 e. The van der Waals surface area contributed by atoms with Gasteiger partial charge in [0.15, 0.2) is 0 Å². The number of benzene rings is 2. The molecule has 4 heteroatoms. The molecule has 0 radical (unpaired) electrons.